The Morgan fingerprint density at radius 3 is 2.52 bits per heavy atom. The summed E-state index contributed by atoms with van der Waals surface area (Å²) < 4.78 is 28.4. The van der Waals surface area contributed by atoms with Crippen molar-refractivity contribution in [1.29, 1.82) is 0 Å². The lowest BCUT2D eigenvalue weighted by Crippen LogP contribution is -2.25. The first-order chi connectivity index (χ1) is 10.1. The zero-order chi connectivity index (χ0) is 14.9. The number of hydrogen-bond donors (Lipinski definition) is 1. The van der Waals surface area contributed by atoms with Gasteiger partial charge in [-0.3, -0.25) is 4.68 Å². The number of fused-ring (bicyclic) bond motifs is 1. The van der Waals surface area contributed by atoms with Crippen molar-refractivity contribution in [2.75, 3.05) is 13.6 Å². The van der Waals surface area contributed by atoms with Gasteiger partial charge >= 0.3 is 0 Å². The zero-order valence-electron chi connectivity index (χ0n) is 11.9. The standard InChI is InChI=1S/C14H18N4O2S/c1-15-6-7-17-11-14(8-16-17)21(19,20)18-9-12-4-2-3-5-13(12)10-18/h2-5,8,11,15H,6-7,9-10H2,1H3. The van der Waals surface area contributed by atoms with Gasteiger partial charge in [-0.2, -0.15) is 9.40 Å². The first-order valence-corrected chi connectivity index (χ1v) is 8.29. The third-order valence-electron chi connectivity index (χ3n) is 3.65. The minimum atomic E-state index is -3.48. The molecule has 0 unspecified atom stereocenters. The molecule has 0 spiro atoms. The number of sulfonamides is 1. The quantitative estimate of drug-likeness (QED) is 0.887. The van der Waals surface area contributed by atoms with E-state index in [9.17, 15) is 8.42 Å². The second-order valence-corrected chi connectivity index (χ2v) is 7.02. The molecular weight excluding hydrogens is 288 g/mol. The highest BCUT2D eigenvalue weighted by Gasteiger charge is 2.31. The molecule has 0 atom stereocenters. The van der Waals surface area contributed by atoms with Crippen LogP contribution < -0.4 is 5.32 Å². The molecule has 1 aromatic heterocycles. The van der Waals surface area contributed by atoms with Gasteiger partial charge in [-0.25, -0.2) is 8.42 Å². The van der Waals surface area contributed by atoms with Crippen LogP contribution >= 0.6 is 0 Å². The van der Waals surface area contributed by atoms with E-state index >= 15 is 0 Å². The first-order valence-electron chi connectivity index (χ1n) is 6.85. The number of nitrogens with zero attached hydrogens (tertiary/aromatic N) is 3. The lowest BCUT2D eigenvalue weighted by molar-refractivity contribution is 0.431. The van der Waals surface area contributed by atoms with Crippen LogP contribution in [0, 0.1) is 0 Å². The molecule has 112 valence electrons. The third kappa shape index (κ3) is 2.72. The van der Waals surface area contributed by atoms with Crippen molar-refractivity contribution in [1.82, 2.24) is 19.4 Å². The van der Waals surface area contributed by atoms with Gasteiger partial charge in [0.05, 0.1) is 12.7 Å². The van der Waals surface area contributed by atoms with E-state index in [1.807, 2.05) is 31.3 Å². The molecule has 1 N–H and O–H groups in total. The van der Waals surface area contributed by atoms with Crippen LogP contribution in [0.5, 0.6) is 0 Å². The van der Waals surface area contributed by atoms with Crippen LogP contribution in [0.15, 0.2) is 41.6 Å². The van der Waals surface area contributed by atoms with Crippen LogP contribution in [0.3, 0.4) is 0 Å². The molecule has 6 nitrogen and oxygen atoms in total. The molecule has 0 fully saturated rings. The summed E-state index contributed by atoms with van der Waals surface area (Å²) in [4.78, 5) is 0.256. The maximum atomic E-state index is 12.6. The largest absolute Gasteiger partial charge is 0.318 e. The molecule has 0 aliphatic carbocycles. The summed E-state index contributed by atoms with van der Waals surface area (Å²) in [6.07, 6.45) is 3.02. The highest BCUT2D eigenvalue weighted by Crippen LogP contribution is 2.28. The third-order valence-corrected chi connectivity index (χ3v) is 5.39. The van der Waals surface area contributed by atoms with Gasteiger partial charge < -0.3 is 5.32 Å². The predicted octanol–water partition coefficient (Wildman–Crippen LogP) is 0.807. The maximum Gasteiger partial charge on any atom is 0.246 e. The molecule has 0 bridgehead atoms. The topological polar surface area (TPSA) is 67.2 Å². The highest BCUT2D eigenvalue weighted by molar-refractivity contribution is 7.89. The Labute approximate surface area is 124 Å². The smallest absolute Gasteiger partial charge is 0.246 e. The molecule has 2 heterocycles. The number of benzene rings is 1. The second kappa shape index (κ2) is 5.59. The number of likely N-dealkylation sites (N-methyl/N-ethyl adjacent to an activating group) is 1. The fourth-order valence-electron chi connectivity index (χ4n) is 2.45. The van der Waals surface area contributed by atoms with Gasteiger partial charge in [-0.1, -0.05) is 24.3 Å². The van der Waals surface area contributed by atoms with Crippen LogP contribution in [0.4, 0.5) is 0 Å². The average Bonchev–Trinajstić information content (AvgIpc) is 3.12. The van der Waals surface area contributed by atoms with Crippen LogP contribution in [0.2, 0.25) is 0 Å². The monoisotopic (exact) mass is 306 g/mol. The molecule has 3 rings (SSSR count). The number of nitrogens with one attached hydrogen (secondary N) is 1. The molecule has 1 aromatic carbocycles. The average molecular weight is 306 g/mol. The lowest BCUT2D eigenvalue weighted by atomic mass is 10.1. The summed E-state index contributed by atoms with van der Waals surface area (Å²) in [5.74, 6) is 0. The number of rotatable bonds is 5. The lowest BCUT2D eigenvalue weighted by Gasteiger charge is -2.13. The van der Waals surface area contributed by atoms with Crippen LogP contribution in [-0.4, -0.2) is 36.1 Å². The minimum absolute atomic E-state index is 0.256. The molecule has 1 aliphatic rings. The van der Waals surface area contributed by atoms with Crippen LogP contribution in [-0.2, 0) is 29.7 Å². The van der Waals surface area contributed by atoms with Crippen molar-refractivity contribution in [2.45, 2.75) is 24.5 Å². The Bertz CT molecular complexity index is 714. The van der Waals surface area contributed by atoms with E-state index in [0.717, 1.165) is 17.7 Å². The number of hydrogen-bond acceptors (Lipinski definition) is 4. The molecule has 0 amide bonds. The Hall–Kier alpha value is -1.70. The van der Waals surface area contributed by atoms with E-state index in [2.05, 4.69) is 10.4 Å². The molecule has 0 radical (unpaired) electrons. The molecule has 0 saturated heterocycles. The normalized spacial score (nSPS) is 15.3. The maximum absolute atomic E-state index is 12.6. The minimum Gasteiger partial charge on any atom is -0.318 e. The Kier molecular flexibility index (Phi) is 3.79. The van der Waals surface area contributed by atoms with Crippen molar-refractivity contribution >= 4 is 10.0 Å². The van der Waals surface area contributed by atoms with Crippen molar-refractivity contribution in [3.8, 4) is 0 Å². The summed E-state index contributed by atoms with van der Waals surface area (Å²) >= 11 is 0. The van der Waals surface area contributed by atoms with E-state index < -0.39 is 10.0 Å². The van der Waals surface area contributed by atoms with Gasteiger partial charge in [-0.05, 0) is 18.2 Å². The van der Waals surface area contributed by atoms with E-state index in [1.54, 1.807) is 10.9 Å². The van der Waals surface area contributed by atoms with Crippen LogP contribution in [0.1, 0.15) is 11.1 Å². The molecule has 1 aliphatic heterocycles. The molecule has 2 aromatic rings. The van der Waals surface area contributed by atoms with Crippen molar-refractivity contribution in [3.63, 3.8) is 0 Å². The zero-order valence-corrected chi connectivity index (χ0v) is 12.7. The Morgan fingerprint density at radius 2 is 1.90 bits per heavy atom. The Morgan fingerprint density at radius 1 is 1.24 bits per heavy atom. The number of aromatic nitrogens is 2. The fraction of sp³-hybridized carbons (Fsp3) is 0.357. The van der Waals surface area contributed by atoms with Crippen molar-refractivity contribution < 1.29 is 8.42 Å². The van der Waals surface area contributed by atoms with Gasteiger partial charge in [-0.15, -0.1) is 0 Å². The highest BCUT2D eigenvalue weighted by atomic mass is 32.2. The molecule has 21 heavy (non-hydrogen) atoms. The van der Waals surface area contributed by atoms with E-state index in [1.165, 1.54) is 10.5 Å². The van der Waals surface area contributed by atoms with Gasteiger partial charge in [0.1, 0.15) is 4.90 Å². The SMILES string of the molecule is CNCCn1cc(S(=O)(=O)N2Cc3ccccc3C2)cn1. The second-order valence-electron chi connectivity index (χ2n) is 5.08. The van der Waals surface area contributed by atoms with Gasteiger partial charge in [0.15, 0.2) is 0 Å². The van der Waals surface area contributed by atoms with Gasteiger partial charge in [0.2, 0.25) is 10.0 Å². The predicted molar refractivity (Wildman–Crippen MR) is 79.0 cm³/mol. The Balaban J connectivity index is 1.80. The summed E-state index contributed by atoms with van der Waals surface area (Å²) in [6, 6.07) is 7.82. The molecule has 0 saturated carbocycles. The summed E-state index contributed by atoms with van der Waals surface area (Å²) in [6.45, 7) is 2.25. The van der Waals surface area contributed by atoms with Gasteiger partial charge in [0.25, 0.3) is 0 Å². The fourth-order valence-corrected chi connectivity index (χ4v) is 3.80. The van der Waals surface area contributed by atoms with Crippen molar-refractivity contribution in [3.05, 3.63) is 47.8 Å². The summed E-state index contributed by atoms with van der Waals surface area (Å²) in [7, 11) is -1.63. The van der Waals surface area contributed by atoms with Gasteiger partial charge in [0, 0.05) is 25.8 Å². The van der Waals surface area contributed by atoms with E-state index in [0.29, 0.717) is 19.6 Å². The summed E-state index contributed by atoms with van der Waals surface area (Å²) in [5.41, 5.74) is 2.15. The van der Waals surface area contributed by atoms with E-state index in [4.69, 9.17) is 0 Å². The molecule has 7 heteroatoms. The molecular formula is C14H18N4O2S. The van der Waals surface area contributed by atoms with Crippen LogP contribution in [0.25, 0.3) is 0 Å². The van der Waals surface area contributed by atoms with Crippen molar-refractivity contribution in [2.24, 2.45) is 0 Å². The summed E-state index contributed by atoms with van der Waals surface area (Å²) in [5, 5.41) is 7.12. The van der Waals surface area contributed by atoms with E-state index in [-0.39, 0.29) is 4.90 Å². The first kappa shape index (κ1) is 14.2.